The zero-order valence-electron chi connectivity index (χ0n) is 18.8. The van der Waals surface area contributed by atoms with Crippen LogP contribution in [0.5, 0.6) is 0 Å². The van der Waals surface area contributed by atoms with Crippen LogP contribution in [-0.2, 0) is 9.59 Å². The standard InChI is InChI=1S/C23H33BN4O4/c1-14(2)9-22(24(31)32)26-23(30)17(10-15-3-4-15)11-21(29)20-7-8-28(20)18-6-5-16-13-25-27-19(16)12-18/h5-6,12-15,17,20,22,31-32H,3-4,7-11H2,1-2H3,(H,25,27)(H,26,30)/t17-,20+,22-/m1/s1. The summed E-state index contributed by atoms with van der Waals surface area (Å²) in [5, 5.41) is 30.2. The van der Waals surface area contributed by atoms with Crippen molar-refractivity contribution in [3.05, 3.63) is 24.4 Å². The summed E-state index contributed by atoms with van der Waals surface area (Å²) in [4.78, 5) is 28.3. The number of nitrogens with one attached hydrogen (secondary N) is 2. The lowest BCUT2D eigenvalue weighted by atomic mass is 9.74. The molecular weight excluding hydrogens is 407 g/mol. The molecule has 4 rings (SSSR count). The fourth-order valence-corrected chi connectivity index (χ4v) is 4.62. The molecule has 0 spiro atoms. The maximum absolute atomic E-state index is 13.2. The van der Waals surface area contributed by atoms with Crippen molar-refractivity contribution in [1.82, 2.24) is 15.5 Å². The first-order valence-electron chi connectivity index (χ1n) is 11.7. The number of H-pyrrole nitrogens is 1. The molecule has 2 fully saturated rings. The third kappa shape index (κ3) is 5.32. The summed E-state index contributed by atoms with van der Waals surface area (Å²) in [6, 6.07) is 5.78. The van der Waals surface area contributed by atoms with E-state index in [4.69, 9.17) is 0 Å². The SMILES string of the molecule is CC(C)C[C@@H](NC(=O)[C@@H](CC(=O)[C@@H]1CCN1c1ccc2cn[nH]c2c1)CC1CC1)B(O)O. The Morgan fingerprint density at radius 2 is 2.06 bits per heavy atom. The van der Waals surface area contributed by atoms with E-state index in [1.54, 1.807) is 6.20 Å². The van der Waals surface area contributed by atoms with Crippen molar-refractivity contribution in [1.29, 1.82) is 0 Å². The van der Waals surface area contributed by atoms with Crippen LogP contribution in [0.15, 0.2) is 24.4 Å². The first-order chi connectivity index (χ1) is 15.3. The lowest BCUT2D eigenvalue weighted by Crippen LogP contribution is -2.54. The second-order valence-corrected chi connectivity index (χ2v) is 9.84. The molecule has 1 saturated heterocycles. The van der Waals surface area contributed by atoms with Gasteiger partial charge in [0.25, 0.3) is 0 Å². The highest BCUT2D eigenvalue weighted by Crippen LogP contribution is 2.37. The van der Waals surface area contributed by atoms with Crippen LogP contribution in [0.4, 0.5) is 5.69 Å². The number of Topliss-reactive ketones (excluding diaryl/α,β-unsaturated/α-hetero) is 1. The number of amides is 1. The number of hydrogen-bond acceptors (Lipinski definition) is 6. The number of rotatable bonds is 11. The van der Waals surface area contributed by atoms with Gasteiger partial charge in [0.15, 0.2) is 5.78 Å². The van der Waals surface area contributed by atoms with Gasteiger partial charge in [-0.25, -0.2) is 0 Å². The third-order valence-electron chi connectivity index (χ3n) is 6.69. The largest absolute Gasteiger partial charge is 0.475 e. The lowest BCUT2D eigenvalue weighted by molar-refractivity contribution is -0.131. The molecule has 2 heterocycles. The number of benzene rings is 1. The van der Waals surface area contributed by atoms with Crippen molar-refractivity contribution in [3.63, 3.8) is 0 Å². The highest BCUT2D eigenvalue weighted by atomic mass is 16.4. The third-order valence-corrected chi connectivity index (χ3v) is 6.69. The molecule has 2 aromatic rings. The predicted molar refractivity (Wildman–Crippen MR) is 124 cm³/mol. The van der Waals surface area contributed by atoms with E-state index in [1.165, 1.54) is 0 Å². The Labute approximate surface area is 188 Å². The first-order valence-corrected chi connectivity index (χ1v) is 11.7. The maximum Gasteiger partial charge on any atom is 0.475 e. The Morgan fingerprint density at radius 1 is 1.28 bits per heavy atom. The molecule has 4 N–H and O–H groups in total. The van der Waals surface area contributed by atoms with Crippen molar-refractivity contribution in [2.45, 2.75) is 64.4 Å². The topological polar surface area (TPSA) is 119 Å². The van der Waals surface area contributed by atoms with Crippen LogP contribution in [0.25, 0.3) is 10.9 Å². The fourth-order valence-electron chi connectivity index (χ4n) is 4.62. The van der Waals surface area contributed by atoms with Crippen LogP contribution in [0.3, 0.4) is 0 Å². The summed E-state index contributed by atoms with van der Waals surface area (Å²) in [7, 11) is -1.61. The van der Waals surface area contributed by atoms with Gasteiger partial charge in [0.2, 0.25) is 5.91 Å². The number of carbonyl (C=O) groups excluding carboxylic acids is 2. The zero-order chi connectivity index (χ0) is 22.8. The van der Waals surface area contributed by atoms with Crippen LogP contribution < -0.4 is 10.2 Å². The number of fused-ring (bicyclic) bond motifs is 1. The first kappa shape index (κ1) is 22.8. The molecule has 0 bridgehead atoms. The number of aromatic amines is 1. The molecule has 3 atom stereocenters. The van der Waals surface area contributed by atoms with E-state index < -0.39 is 19.0 Å². The Bertz CT molecular complexity index is 958. The Kier molecular flexibility index (Phi) is 6.86. The molecule has 172 valence electrons. The van der Waals surface area contributed by atoms with Crippen LogP contribution in [-0.4, -0.2) is 57.6 Å². The van der Waals surface area contributed by atoms with Crippen molar-refractivity contribution in [2.75, 3.05) is 11.4 Å². The Morgan fingerprint density at radius 3 is 2.69 bits per heavy atom. The Balaban J connectivity index is 1.41. The molecule has 1 aliphatic carbocycles. The monoisotopic (exact) mass is 440 g/mol. The maximum atomic E-state index is 13.2. The molecule has 1 aliphatic heterocycles. The van der Waals surface area contributed by atoms with Crippen LogP contribution in [0.1, 0.15) is 52.4 Å². The summed E-state index contributed by atoms with van der Waals surface area (Å²) >= 11 is 0. The van der Waals surface area contributed by atoms with Crippen molar-refractivity contribution < 1.29 is 19.6 Å². The van der Waals surface area contributed by atoms with Gasteiger partial charge in [-0.3, -0.25) is 14.7 Å². The average Bonchev–Trinajstić information content (AvgIpc) is 3.39. The number of ketones is 1. The molecule has 2 aliphatic rings. The van der Waals surface area contributed by atoms with E-state index in [2.05, 4.69) is 20.4 Å². The van der Waals surface area contributed by atoms with Gasteiger partial charge in [0.1, 0.15) is 0 Å². The van der Waals surface area contributed by atoms with E-state index >= 15 is 0 Å². The minimum Gasteiger partial charge on any atom is -0.426 e. The zero-order valence-corrected chi connectivity index (χ0v) is 18.8. The molecule has 1 saturated carbocycles. The van der Waals surface area contributed by atoms with Gasteiger partial charge in [0, 0.05) is 30.0 Å². The predicted octanol–water partition coefficient (Wildman–Crippen LogP) is 2.06. The molecule has 1 amide bonds. The summed E-state index contributed by atoms with van der Waals surface area (Å²) in [5.74, 6) is -0.621. The number of carbonyl (C=O) groups is 2. The molecule has 1 aromatic heterocycles. The number of nitrogens with zero attached hydrogens (tertiary/aromatic N) is 2. The van der Waals surface area contributed by atoms with E-state index in [0.29, 0.717) is 18.8 Å². The summed E-state index contributed by atoms with van der Waals surface area (Å²) in [5.41, 5.74) is 1.92. The van der Waals surface area contributed by atoms with Gasteiger partial charge >= 0.3 is 7.12 Å². The van der Waals surface area contributed by atoms with Crippen LogP contribution >= 0.6 is 0 Å². The fraction of sp³-hybridized carbons (Fsp3) is 0.609. The van der Waals surface area contributed by atoms with E-state index in [9.17, 15) is 19.6 Å². The van der Waals surface area contributed by atoms with Gasteiger partial charge in [-0.05, 0) is 49.3 Å². The summed E-state index contributed by atoms with van der Waals surface area (Å²) < 4.78 is 0. The minimum absolute atomic E-state index is 0.0757. The highest BCUT2D eigenvalue weighted by Gasteiger charge is 2.39. The van der Waals surface area contributed by atoms with Crippen molar-refractivity contribution in [3.8, 4) is 0 Å². The molecule has 9 heteroatoms. The van der Waals surface area contributed by atoms with Crippen LogP contribution in [0, 0.1) is 17.8 Å². The van der Waals surface area contributed by atoms with Crippen LogP contribution in [0.2, 0.25) is 0 Å². The molecule has 0 unspecified atom stereocenters. The van der Waals surface area contributed by atoms with Crippen molar-refractivity contribution in [2.24, 2.45) is 17.8 Å². The van der Waals surface area contributed by atoms with E-state index in [0.717, 1.165) is 42.4 Å². The number of hydrogen-bond donors (Lipinski definition) is 4. The second-order valence-electron chi connectivity index (χ2n) is 9.84. The van der Waals surface area contributed by atoms with Gasteiger partial charge in [0.05, 0.1) is 23.7 Å². The second kappa shape index (κ2) is 9.62. The highest BCUT2D eigenvalue weighted by molar-refractivity contribution is 6.43. The van der Waals surface area contributed by atoms with Gasteiger partial charge in [-0.2, -0.15) is 5.10 Å². The normalized spacial score (nSPS) is 20.2. The van der Waals surface area contributed by atoms with Gasteiger partial charge in [-0.15, -0.1) is 0 Å². The summed E-state index contributed by atoms with van der Waals surface area (Å²) in [6.45, 7) is 4.75. The molecule has 8 nitrogen and oxygen atoms in total. The number of aromatic nitrogens is 2. The molecule has 32 heavy (non-hydrogen) atoms. The Hall–Kier alpha value is -2.39. The summed E-state index contributed by atoms with van der Waals surface area (Å²) in [6.07, 6.45) is 6.08. The van der Waals surface area contributed by atoms with E-state index in [-0.39, 0.29) is 30.1 Å². The number of anilines is 1. The van der Waals surface area contributed by atoms with Crippen molar-refractivity contribution >= 4 is 35.4 Å². The molecule has 0 radical (unpaired) electrons. The molecule has 1 aromatic carbocycles. The quantitative estimate of drug-likeness (QED) is 0.398. The smallest absolute Gasteiger partial charge is 0.426 e. The molecular formula is C23H33BN4O4. The lowest BCUT2D eigenvalue weighted by Gasteiger charge is -2.42. The average molecular weight is 440 g/mol. The van der Waals surface area contributed by atoms with Gasteiger partial charge in [-0.1, -0.05) is 26.7 Å². The minimum atomic E-state index is -1.61. The van der Waals surface area contributed by atoms with Gasteiger partial charge < -0.3 is 20.3 Å². The van der Waals surface area contributed by atoms with E-state index in [1.807, 2.05) is 32.0 Å².